The number of aliphatic carboxylic acids is 1. The molecule has 1 N–H and O–H groups in total. The van der Waals surface area contributed by atoms with Crippen LogP contribution in [-0.4, -0.2) is 62.7 Å². The van der Waals surface area contributed by atoms with Crippen LogP contribution in [-0.2, 0) is 17.8 Å². The number of carboxylic acid groups (broad SMARTS) is 1. The van der Waals surface area contributed by atoms with Crippen molar-refractivity contribution in [1.29, 1.82) is 0 Å². The molecule has 0 unspecified atom stereocenters. The quantitative estimate of drug-likeness (QED) is 0.298. The van der Waals surface area contributed by atoms with Gasteiger partial charge in [0.05, 0.1) is 29.6 Å². The van der Waals surface area contributed by atoms with E-state index in [2.05, 4.69) is 22.1 Å². The lowest BCUT2D eigenvalue weighted by molar-refractivity contribution is -0.136. The molecule has 216 valence electrons. The van der Waals surface area contributed by atoms with Crippen molar-refractivity contribution in [3.63, 3.8) is 0 Å². The molecule has 7 nitrogen and oxygen atoms in total. The third-order valence-electron chi connectivity index (χ3n) is 8.61. The lowest BCUT2D eigenvalue weighted by Gasteiger charge is -2.33. The van der Waals surface area contributed by atoms with Gasteiger partial charge in [0, 0.05) is 31.5 Å². The monoisotopic (exact) mass is 566 g/mol. The fourth-order valence-corrected chi connectivity index (χ4v) is 6.38. The fraction of sp³-hybridized carbons (Fsp3) is 0.324. The van der Waals surface area contributed by atoms with Gasteiger partial charge in [-0.15, -0.1) is 0 Å². The highest BCUT2D eigenvalue weighted by molar-refractivity contribution is 5.95. The van der Waals surface area contributed by atoms with E-state index in [0.29, 0.717) is 24.6 Å². The molecule has 3 aromatic carbocycles. The topological polar surface area (TPSA) is 78.7 Å². The van der Waals surface area contributed by atoms with Crippen LogP contribution in [0, 0.1) is 5.82 Å². The molecule has 1 aromatic heterocycles. The van der Waals surface area contributed by atoms with E-state index in [-0.39, 0.29) is 24.1 Å². The van der Waals surface area contributed by atoms with Crippen molar-refractivity contribution in [1.82, 2.24) is 19.6 Å². The number of nitrogens with zero attached hydrogens (tertiary/aromatic N) is 4. The molecule has 1 atom stereocenters. The number of amides is 1. The summed E-state index contributed by atoms with van der Waals surface area (Å²) in [7, 11) is 0. The van der Waals surface area contributed by atoms with Crippen LogP contribution in [0.3, 0.4) is 0 Å². The number of aromatic nitrogens is 2. The molecule has 8 heteroatoms. The van der Waals surface area contributed by atoms with Crippen molar-refractivity contribution in [2.75, 3.05) is 26.2 Å². The molecule has 0 radical (unpaired) electrons. The van der Waals surface area contributed by atoms with Crippen LogP contribution in [0.1, 0.15) is 63.8 Å². The summed E-state index contributed by atoms with van der Waals surface area (Å²) in [6.45, 7) is 3.92. The van der Waals surface area contributed by atoms with Gasteiger partial charge in [-0.05, 0) is 73.3 Å². The fourth-order valence-electron chi connectivity index (χ4n) is 6.38. The Bertz CT molecular complexity index is 1530. The average molecular weight is 567 g/mol. The molecule has 3 heterocycles. The van der Waals surface area contributed by atoms with Gasteiger partial charge in [-0.1, -0.05) is 54.6 Å². The molecule has 0 saturated carbocycles. The second-order valence-corrected chi connectivity index (χ2v) is 11.4. The zero-order chi connectivity index (χ0) is 29.1. The summed E-state index contributed by atoms with van der Waals surface area (Å²) in [6.07, 6.45) is 4.40. The van der Waals surface area contributed by atoms with Gasteiger partial charge < -0.3 is 10.0 Å². The smallest absolute Gasteiger partial charge is 0.307 e. The minimum Gasteiger partial charge on any atom is -0.481 e. The Kier molecular flexibility index (Phi) is 8.15. The number of hydrogen-bond donors (Lipinski definition) is 1. The minimum atomic E-state index is -0.830. The molecular weight excluding hydrogens is 531 g/mol. The molecule has 4 aromatic rings. The maximum absolute atomic E-state index is 14.0. The predicted molar refractivity (Wildman–Crippen MR) is 158 cm³/mol. The number of rotatable bonds is 8. The first-order valence-electron chi connectivity index (χ1n) is 14.6. The van der Waals surface area contributed by atoms with Gasteiger partial charge in [-0.3, -0.25) is 14.5 Å². The summed E-state index contributed by atoms with van der Waals surface area (Å²) >= 11 is 0. The molecule has 42 heavy (non-hydrogen) atoms. The van der Waals surface area contributed by atoms with Gasteiger partial charge in [-0.2, -0.15) is 5.10 Å². The highest BCUT2D eigenvalue weighted by Crippen LogP contribution is 2.35. The average Bonchev–Trinajstić information content (AvgIpc) is 3.68. The minimum absolute atomic E-state index is 0.0145. The second-order valence-electron chi connectivity index (χ2n) is 11.4. The van der Waals surface area contributed by atoms with Crippen LogP contribution in [0.15, 0.2) is 85.1 Å². The number of carboxylic acids is 1. The normalized spacial score (nSPS) is 17.9. The largest absolute Gasteiger partial charge is 0.481 e. The Labute approximate surface area is 245 Å². The van der Waals surface area contributed by atoms with E-state index in [9.17, 15) is 14.0 Å². The summed E-state index contributed by atoms with van der Waals surface area (Å²) in [5.41, 5.74) is 5.51. The van der Waals surface area contributed by atoms with Crippen molar-refractivity contribution >= 4 is 11.9 Å². The van der Waals surface area contributed by atoms with E-state index >= 15 is 0 Å². The van der Waals surface area contributed by atoms with Crippen LogP contribution < -0.4 is 0 Å². The van der Waals surface area contributed by atoms with Gasteiger partial charge in [0.15, 0.2) is 0 Å². The third kappa shape index (κ3) is 6.14. The maximum atomic E-state index is 14.0. The molecule has 1 amide bonds. The van der Waals surface area contributed by atoms with E-state index in [1.54, 1.807) is 18.3 Å². The van der Waals surface area contributed by atoms with E-state index in [0.717, 1.165) is 61.4 Å². The van der Waals surface area contributed by atoms with Crippen LogP contribution >= 0.6 is 0 Å². The van der Waals surface area contributed by atoms with Crippen LogP contribution in [0.25, 0.3) is 5.69 Å². The number of halogens is 1. The molecule has 2 aliphatic rings. The molecule has 2 saturated heterocycles. The molecule has 0 aliphatic carbocycles. The zero-order valence-corrected chi connectivity index (χ0v) is 23.5. The van der Waals surface area contributed by atoms with E-state index in [4.69, 9.17) is 5.11 Å². The second kappa shape index (κ2) is 12.3. The molecule has 2 fully saturated rings. The first-order chi connectivity index (χ1) is 20.4. The van der Waals surface area contributed by atoms with Crippen molar-refractivity contribution in [3.05, 3.63) is 119 Å². The summed E-state index contributed by atoms with van der Waals surface area (Å²) in [4.78, 5) is 29.3. The van der Waals surface area contributed by atoms with Gasteiger partial charge in [-0.25, -0.2) is 9.07 Å². The Morgan fingerprint density at radius 3 is 2.19 bits per heavy atom. The number of carbonyl (C=O) groups excluding carboxylic acids is 1. The summed E-state index contributed by atoms with van der Waals surface area (Å²) in [5.74, 6) is -0.661. The van der Waals surface area contributed by atoms with Crippen molar-refractivity contribution < 1.29 is 19.1 Å². The number of benzene rings is 3. The molecule has 6 rings (SSSR count). The van der Waals surface area contributed by atoms with E-state index in [1.165, 1.54) is 17.7 Å². The van der Waals surface area contributed by atoms with Gasteiger partial charge in [0.1, 0.15) is 5.82 Å². The van der Waals surface area contributed by atoms with Gasteiger partial charge in [0.2, 0.25) is 0 Å². The number of likely N-dealkylation sites (tertiary alicyclic amines) is 2. The Morgan fingerprint density at radius 2 is 1.50 bits per heavy atom. The summed E-state index contributed by atoms with van der Waals surface area (Å²) < 4.78 is 15.6. The number of piperidine rings is 1. The standard InChI is InChI=1S/C34H35FN4O3/c35-29-10-12-30(13-11-29)39-33(27-14-17-37(18-15-27)22-25-8-6-24(7-9-25)20-32(40)41)31(21-36-39)34(42)38-19-16-28(23-38)26-4-2-1-3-5-26/h1-13,21,27-28H,14-20,22-23H2,(H,40,41)/t28-/m0/s1. The van der Waals surface area contributed by atoms with E-state index in [1.807, 2.05) is 52.0 Å². The molecule has 0 bridgehead atoms. The van der Waals surface area contributed by atoms with Crippen LogP contribution in [0.2, 0.25) is 0 Å². The van der Waals surface area contributed by atoms with Crippen LogP contribution in [0.5, 0.6) is 0 Å². The molecular formula is C34H35FN4O3. The van der Waals surface area contributed by atoms with Crippen molar-refractivity contribution in [2.45, 2.75) is 44.1 Å². The van der Waals surface area contributed by atoms with Gasteiger partial charge >= 0.3 is 5.97 Å². The number of carbonyl (C=O) groups is 2. The lowest BCUT2D eigenvalue weighted by Crippen LogP contribution is -2.34. The van der Waals surface area contributed by atoms with Crippen molar-refractivity contribution in [3.8, 4) is 5.69 Å². The first kappa shape index (κ1) is 27.8. The third-order valence-corrected chi connectivity index (χ3v) is 8.61. The predicted octanol–water partition coefficient (Wildman–Crippen LogP) is 5.65. The summed E-state index contributed by atoms with van der Waals surface area (Å²) in [5, 5.41) is 13.7. The van der Waals surface area contributed by atoms with Crippen LogP contribution in [0.4, 0.5) is 4.39 Å². The Hall–Kier alpha value is -4.30. The Balaban J connectivity index is 1.19. The Morgan fingerprint density at radius 1 is 0.833 bits per heavy atom. The van der Waals surface area contributed by atoms with Gasteiger partial charge in [0.25, 0.3) is 5.91 Å². The summed E-state index contributed by atoms with van der Waals surface area (Å²) in [6, 6.07) is 24.4. The highest BCUT2D eigenvalue weighted by Gasteiger charge is 2.34. The first-order valence-corrected chi connectivity index (χ1v) is 14.6. The number of hydrogen-bond acceptors (Lipinski definition) is 4. The lowest BCUT2D eigenvalue weighted by atomic mass is 9.90. The van der Waals surface area contributed by atoms with E-state index < -0.39 is 5.97 Å². The zero-order valence-electron chi connectivity index (χ0n) is 23.5. The van der Waals surface area contributed by atoms with Crippen molar-refractivity contribution in [2.24, 2.45) is 0 Å². The highest BCUT2D eigenvalue weighted by atomic mass is 19.1. The SMILES string of the molecule is O=C(O)Cc1ccc(CN2CCC(c3c(C(=O)N4CC[C@H](c5ccccc5)C4)cnn3-c3ccc(F)cc3)CC2)cc1. The maximum Gasteiger partial charge on any atom is 0.307 e. The molecule has 0 spiro atoms. The molecule has 2 aliphatic heterocycles.